The highest BCUT2D eigenvalue weighted by Gasteiger charge is 2.27. The maximum Gasteiger partial charge on any atom is 0.292 e. The fraction of sp³-hybridized carbons (Fsp3) is 0.611. The number of piperidine rings is 1. The van der Waals surface area contributed by atoms with Crippen LogP contribution in [0.25, 0.3) is 0 Å². The van der Waals surface area contributed by atoms with Gasteiger partial charge < -0.3 is 15.3 Å². The fourth-order valence-electron chi connectivity index (χ4n) is 3.03. The van der Waals surface area contributed by atoms with Gasteiger partial charge in [0.1, 0.15) is 5.69 Å². The Morgan fingerprint density at radius 3 is 2.76 bits per heavy atom. The molecule has 0 aliphatic carbocycles. The van der Waals surface area contributed by atoms with Crippen LogP contribution in [0.1, 0.15) is 39.2 Å². The van der Waals surface area contributed by atoms with Crippen LogP contribution in [0.3, 0.4) is 0 Å². The molecule has 0 aromatic heterocycles. The Morgan fingerprint density at radius 2 is 2.16 bits per heavy atom. The standard InChI is InChI=1S/C18H27N3O4/c1-18(2,3)17(23)19-10-14-5-4-8-20(11-14)16-9-13(12-22)6-7-15(16)21(24)25/h6-7,9,14,22H,4-5,8,10-12H2,1-3H3,(H,19,23). The van der Waals surface area contributed by atoms with E-state index in [1.54, 1.807) is 12.1 Å². The molecule has 1 unspecified atom stereocenters. The molecule has 7 heteroatoms. The van der Waals surface area contributed by atoms with Gasteiger partial charge in [-0.3, -0.25) is 14.9 Å². The number of nitrogens with zero attached hydrogens (tertiary/aromatic N) is 2. The van der Waals surface area contributed by atoms with Crippen molar-refractivity contribution in [3.8, 4) is 0 Å². The number of nitrogens with one attached hydrogen (secondary N) is 1. The molecule has 0 saturated carbocycles. The highest BCUT2D eigenvalue weighted by Crippen LogP contribution is 2.32. The lowest BCUT2D eigenvalue weighted by Gasteiger charge is -2.34. The van der Waals surface area contributed by atoms with Crippen molar-refractivity contribution >= 4 is 17.3 Å². The Morgan fingerprint density at radius 1 is 1.44 bits per heavy atom. The Kier molecular flexibility index (Phi) is 6.00. The fourth-order valence-corrected chi connectivity index (χ4v) is 3.03. The van der Waals surface area contributed by atoms with Crippen LogP contribution in [0.15, 0.2) is 18.2 Å². The summed E-state index contributed by atoms with van der Waals surface area (Å²) in [5, 5.41) is 23.6. The number of benzene rings is 1. The van der Waals surface area contributed by atoms with E-state index in [1.165, 1.54) is 6.07 Å². The number of hydrogen-bond donors (Lipinski definition) is 2. The average molecular weight is 349 g/mol. The minimum Gasteiger partial charge on any atom is -0.392 e. The average Bonchev–Trinajstić information content (AvgIpc) is 2.58. The summed E-state index contributed by atoms with van der Waals surface area (Å²) >= 11 is 0. The van der Waals surface area contributed by atoms with Crippen molar-refractivity contribution in [2.75, 3.05) is 24.5 Å². The summed E-state index contributed by atoms with van der Waals surface area (Å²) < 4.78 is 0. The Balaban J connectivity index is 2.10. The van der Waals surface area contributed by atoms with Gasteiger partial charge in [-0.2, -0.15) is 0 Å². The molecule has 1 amide bonds. The molecule has 1 aliphatic rings. The van der Waals surface area contributed by atoms with E-state index < -0.39 is 5.41 Å². The van der Waals surface area contributed by atoms with Gasteiger partial charge in [-0.25, -0.2) is 0 Å². The SMILES string of the molecule is CC(C)(C)C(=O)NCC1CCCN(c2cc(CO)ccc2[N+](=O)[O-])C1. The van der Waals surface area contributed by atoms with Crippen LogP contribution in [0, 0.1) is 21.4 Å². The molecule has 1 aromatic rings. The zero-order valence-electron chi connectivity index (χ0n) is 15.1. The number of carbonyl (C=O) groups excluding carboxylic acids is 1. The van der Waals surface area contributed by atoms with E-state index in [2.05, 4.69) is 5.32 Å². The highest BCUT2D eigenvalue weighted by atomic mass is 16.6. The first kappa shape index (κ1) is 19.2. The van der Waals surface area contributed by atoms with Crippen molar-refractivity contribution in [2.45, 2.75) is 40.2 Å². The second-order valence-electron chi connectivity index (χ2n) is 7.65. The molecule has 25 heavy (non-hydrogen) atoms. The van der Waals surface area contributed by atoms with Crippen LogP contribution in [-0.2, 0) is 11.4 Å². The third kappa shape index (κ3) is 4.92. The quantitative estimate of drug-likeness (QED) is 0.629. The summed E-state index contributed by atoms with van der Waals surface area (Å²) in [4.78, 5) is 25.0. The first-order chi connectivity index (χ1) is 11.7. The van der Waals surface area contributed by atoms with Crippen molar-refractivity contribution in [3.63, 3.8) is 0 Å². The Labute approximate surface area is 148 Å². The number of nitro groups is 1. The number of nitro benzene ring substituents is 1. The van der Waals surface area contributed by atoms with E-state index in [1.807, 2.05) is 25.7 Å². The van der Waals surface area contributed by atoms with Gasteiger partial charge in [0, 0.05) is 31.1 Å². The normalized spacial score (nSPS) is 18.1. The third-order valence-corrected chi connectivity index (χ3v) is 4.51. The lowest BCUT2D eigenvalue weighted by molar-refractivity contribution is -0.384. The van der Waals surface area contributed by atoms with E-state index in [9.17, 15) is 20.0 Å². The number of anilines is 1. The molecule has 1 atom stereocenters. The van der Waals surface area contributed by atoms with E-state index in [0.717, 1.165) is 19.4 Å². The predicted molar refractivity (Wildman–Crippen MR) is 96.4 cm³/mol. The van der Waals surface area contributed by atoms with Crippen molar-refractivity contribution in [1.82, 2.24) is 5.32 Å². The molecule has 1 saturated heterocycles. The molecular weight excluding hydrogens is 322 g/mol. The van der Waals surface area contributed by atoms with Crippen LogP contribution in [0.5, 0.6) is 0 Å². The molecule has 0 bridgehead atoms. The van der Waals surface area contributed by atoms with Gasteiger partial charge in [0.25, 0.3) is 5.69 Å². The number of hydrogen-bond acceptors (Lipinski definition) is 5. The predicted octanol–water partition coefficient (Wildman–Crippen LogP) is 2.47. The van der Waals surface area contributed by atoms with Gasteiger partial charge in [-0.1, -0.05) is 20.8 Å². The second-order valence-corrected chi connectivity index (χ2v) is 7.65. The molecule has 1 aliphatic heterocycles. The van der Waals surface area contributed by atoms with E-state index in [0.29, 0.717) is 24.3 Å². The van der Waals surface area contributed by atoms with Crippen molar-refractivity contribution in [2.24, 2.45) is 11.3 Å². The van der Waals surface area contributed by atoms with Gasteiger partial charge in [-0.15, -0.1) is 0 Å². The van der Waals surface area contributed by atoms with E-state index in [4.69, 9.17) is 0 Å². The maximum absolute atomic E-state index is 12.0. The zero-order chi connectivity index (χ0) is 18.6. The Hall–Kier alpha value is -2.15. The minimum absolute atomic E-state index is 0.0119. The van der Waals surface area contributed by atoms with Gasteiger partial charge >= 0.3 is 0 Å². The summed E-state index contributed by atoms with van der Waals surface area (Å²) in [5.74, 6) is 0.260. The summed E-state index contributed by atoms with van der Waals surface area (Å²) in [7, 11) is 0. The van der Waals surface area contributed by atoms with Gasteiger partial charge in [0.15, 0.2) is 0 Å². The van der Waals surface area contributed by atoms with Crippen molar-refractivity contribution in [3.05, 3.63) is 33.9 Å². The van der Waals surface area contributed by atoms with Crippen LogP contribution in [-0.4, -0.2) is 35.6 Å². The number of rotatable bonds is 5. The summed E-state index contributed by atoms with van der Waals surface area (Å²) in [6, 6.07) is 4.72. The molecule has 0 spiro atoms. The number of carbonyl (C=O) groups is 1. The molecular formula is C18H27N3O4. The molecule has 1 aromatic carbocycles. The molecule has 7 nitrogen and oxygen atoms in total. The van der Waals surface area contributed by atoms with Gasteiger partial charge in [0.05, 0.1) is 11.5 Å². The van der Waals surface area contributed by atoms with E-state index >= 15 is 0 Å². The monoisotopic (exact) mass is 349 g/mol. The van der Waals surface area contributed by atoms with Crippen LogP contribution >= 0.6 is 0 Å². The molecule has 0 radical (unpaired) electrons. The minimum atomic E-state index is -0.428. The van der Waals surface area contributed by atoms with Crippen molar-refractivity contribution in [1.29, 1.82) is 0 Å². The Bertz CT molecular complexity index is 640. The topological polar surface area (TPSA) is 95.7 Å². The third-order valence-electron chi connectivity index (χ3n) is 4.51. The molecule has 138 valence electrons. The molecule has 1 heterocycles. The number of aliphatic hydroxyl groups excluding tert-OH is 1. The summed E-state index contributed by atoms with van der Waals surface area (Å²) in [5.41, 5.74) is 0.825. The smallest absolute Gasteiger partial charge is 0.292 e. The number of aliphatic hydroxyl groups is 1. The summed E-state index contributed by atoms with van der Waals surface area (Å²) in [6.45, 7) is 7.43. The largest absolute Gasteiger partial charge is 0.392 e. The van der Waals surface area contributed by atoms with Gasteiger partial charge in [0.2, 0.25) is 5.91 Å². The van der Waals surface area contributed by atoms with Crippen LogP contribution in [0.2, 0.25) is 0 Å². The second kappa shape index (κ2) is 7.82. The lowest BCUT2D eigenvalue weighted by atomic mass is 9.93. The first-order valence-electron chi connectivity index (χ1n) is 8.64. The molecule has 1 fully saturated rings. The lowest BCUT2D eigenvalue weighted by Crippen LogP contribution is -2.43. The summed E-state index contributed by atoms with van der Waals surface area (Å²) in [6.07, 6.45) is 1.89. The number of amides is 1. The zero-order valence-corrected chi connectivity index (χ0v) is 15.1. The molecule has 2 rings (SSSR count). The van der Waals surface area contributed by atoms with E-state index in [-0.39, 0.29) is 29.0 Å². The first-order valence-corrected chi connectivity index (χ1v) is 8.64. The van der Waals surface area contributed by atoms with Crippen LogP contribution in [0.4, 0.5) is 11.4 Å². The van der Waals surface area contributed by atoms with Crippen molar-refractivity contribution < 1.29 is 14.8 Å². The maximum atomic E-state index is 12.0. The molecule has 2 N–H and O–H groups in total. The van der Waals surface area contributed by atoms with Gasteiger partial charge in [-0.05, 0) is 36.5 Å². The van der Waals surface area contributed by atoms with Crippen LogP contribution < -0.4 is 10.2 Å². The highest BCUT2D eigenvalue weighted by molar-refractivity contribution is 5.81.